The smallest absolute Gasteiger partial charge is 0.338 e. The summed E-state index contributed by atoms with van der Waals surface area (Å²) in [6.45, 7) is 4.88. The van der Waals surface area contributed by atoms with E-state index in [-0.39, 0.29) is 12.0 Å². The number of aryl methyl sites for hydroxylation is 1. The molecule has 2 aliphatic rings. The highest BCUT2D eigenvalue weighted by molar-refractivity contribution is 8.13. The molecule has 4 nitrogen and oxygen atoms in total. The van der Waals surface area contributed by atoms with Crippen molar-refractivity contribution in [1.82, 2.24) is 4.90 Å². The first-order valence-electron chi connectivity index (χ1n) is 7.45. The molecule has 5 heteroatoms. The highest BCUT2D eigenvalue weighted by Crippen LogP contribution is 2.39. The Morgan fingerprint density at radius 1 is 1.32 bits per heavy atom. The van der Waals surface area contributed by atoms with Gasteiger partial charge in [0.2, 0.25) is 0 Å². The number of benzene rings is 1. The highest BCUT2D eigenvalue weighted by atomic mass is 32.2. The van der Waals surface area contributed by atoms with E-state index in [1.165, 1.54) is 12.7 Å². The van der Waals surface area contributed by atoms with E-state index < -0.39 is 0 Å². The summed E-state index contributed by atoms with van der Waals surface area (Å²) in [6, 6.07) is 8.26. The van der Waals surface area contributed by atoms with E-state index in [4.69, 9.17) is 4.74 Å². The van der Waals surface area contributed by atoms with Crippen LogP contribution in [0.25, 0.3) is 0 Å². The van der Waals surface area contributed by atoms with Crippen LogP contribution in [0.1, 0.15) is 30.5 Å². The summed E-state index contributed by atoms with van der Waals surface area (Å²) in [6.07, 6.45) is 1.10. The molecule has 2 aliphatic heterocycles. The third-order valence-electron chi connectivity index (χ3n) is 4.06. The third-order valence-corrected chi connectivity index (χ3v) is 5.13. The molecule has 0 aromatic heterocycles. The quantitative estimate of drug-likeness (QED) is 0.785. The molecule has 2 heterocycles. The molecule has 1 saturated heterocycles. The van der Waals surface area contributed by atoms with Gasteiger partial charge in [0.25, 0.3) is 0 Å². The number of nitrogens with zero attached hydrogens (tertiary/aromatic N) is 2. The van der Waals surface area contributed by atoms with Crippen molar-refractivity contribution >= 4 is 22.9 Å². The van der Waals surface area contributed by atoms with Gasteiger partial charge in [-0.25, -0.2) is 9.79 Å². The van der Waals surface area contributed by atoms with Crippen LogP contribution in [0.4, 0.5) is 0 Å². The Morgan fingerprint density at radius 2 is 2.05 bits per heavy atom. The molecule has 0 N–H and O–H groups in total. The van der Waals surface area contributed by atoms with Gasteiger partial charge >= 0.3 is 5.97 Å². The van der Waals surface area contributed by atoms with Crippen molar-refractivity contribution in [2.24, 2.45) is 4.99 Å². The van der Waals surface area contributed by atoms with E-state index >= 15 is 0 Å². The maximum absolute atomic E-state index is 12.3. The zero-order chi connectivity index (χ0) is 15.7. The lowest BCUT2D eigenvalue weighted by atomic mass is 9.94. The molecule has 116 valence electrons. The average molecular weight is 316 g/mol. The maximum Gasteiger partial charge on any atom is 0.338 e. The second kappa shape index (κ2) is 6.16. The highest BCUT2D eigenvalue weighted by Gasteiger charge is 2.37. The first-order valence-corrected chi connectivity index (χ1v) is 8.44. The molecule has 22 heavy (non-hydrogen) atoms. The van der Waals surface area contributed by atoms with Crippen molar-refractivity contribution < 1.29 is 9.53 Å². The first kappa shape index (κ1) is 15.2. The minimum Gasteiger partial charge on any atom is -0.466 e. The zero-order valence-electron chi connectivity index (χ0n) is 13.1. The second-order valence-electron chi connectivity index (χ2n) is 5.59. The summed E-state index contributed by atoms with van der Waals surface area (Å²) in [5.41, 5.74) is 3.73. The molecule has 1 atom stereocenters. The fraction of sp³-hybridized carbons (Fsp3) is 0.412. The lowest BCUT2D eigenvalue weighted by Gasteiger charge is -2.40. The van der Waals surface area contributed by atoms with Gasteiger partial charge in [0.05, 0.1) is 24.4 Å². The monoisotopic (exact) mass is 316 g/mol. The Bertz CT molecular complexity index is 649. The van der Waals surface area contributed by atoms with Gasteiger partial charge in [-0.3, -0.25) is 0 Å². The van der Waals surface area contributed by atoms with E-state index in [1.807, 2.05) is 6.92 Å². The van der Waals surface area contributed by atoms with Crippen LogP contribution in [0.2, 0.25) is 0 Å². The van der Waals surface area contributed by atoms with Gasteiger partial charge in [-0.2, -0.15) is 0 Å². The summed E-state index contributed by atoms with van der Waals surface area (Å²) in [5.74, 6) is 0.790. The molecule has 1 fully saturated rings. The minimum absolute atomic E-state index is 0.103. The number of ether oxygens (including phenoxy) is 1. The molecular formula is C17H20N2O2S. The summed E-state index contributed by atoms with van der Waals surface area (Å²) >= 11 is 1.76. The summed E-state index contributed by atoms with van der Waals surface area (Å²) in [5, 5.41) is 1.02. The normalized spacial score (nSPS) is 21.3. The summed E-state index contributed by atoms with van der Waals surface area (Å²) in [4.78, 5) is 19.2. The van der Waals surface area contributed by atoms with Gasteiger partial charge in [0, 0.05) is 12.3 Å². The number of hydrogen-bond acceptors (Lipinski definition) is 5. The van der Waals surface area contributed by atoms with Crippen molar-refractivity contribution in [2.75, 3.05) is 19.4 Å². The van der Waals surface area contributed by atoms with Crippen LogP contribution in [0.15, 0.2) is 40.5 Å². The van der Waals surface area contributed by atoms with Crippen molar-refractivity contribution in [3.63, 3.8) is 0 Å². The number of amidine groups is 1. The Morgan fingerprint density at radius 3 is 2.73 bits per heavy atom. The molecule has 0 radical (unpaired) electrons. The van der Waals surface area contributed by atoms with Crippen molar-refractivity contribution in [3.05, 3.63) is 46.7 Å². The number of aliphatic imine (C=N–C) groups is 1. The van der Waals surface area contributed by atoms with Crippen LogP contribution in [-0.2, 0) is 9.53 Å². The van der Waals surface area contributed by atoms with Crippen LogP contribution >= 0.6 is 11.8 Å². The fourth-order valence-electron chi connectivity index (χ4n) is 2.93. The third kappa shape index (κ3) is 2.65. The van der Waals surface area contributed by atoms with E-state index in [2.05, 4.69) is 41.1 Å². The number of carbonyl (C=O) groups is 1. The number of rotatable bonds is 2. The second-order valence-corrected chi connectivity index (χ2v) is 6.66. The number of esters is 1. The van der Waals surface area contributed by atoms with Crippen molar-refractivity contribution in [3.8, 4) is 0 Å². The molecule has 0 spiro atoms. The van der Waals surface area contributed by atoms with E-state index in [9.17, 15) is 4.79 Å². The number of carbonyl (C=O) groups excluding carboxylic acids is 1. The summed E-state index contributed by atoms with van der Waals surface area (Å²) in [7, 11) is 1.43. The van der Waals surface area contributed by atoms with Crippen LogP contribution in [0.3, 0.4) is 0 Å². The van der Waals surface area contributed by atoms with Crippen LogP contribution < -0.4 is 0 Å². The molecule has 1 aromatic carbocycles. The fourth-order valence-corrected chi connectivity index (χ4v) is 3.95. The number of fused-ring (bicyclic) bond motifs is 1. The molecule has 1 aromatic rings. The van der Waals surface area contributed by atoms with Gasteiger partial charge in [0.15, 0.2) is 5.17 Å². The number of hydrogen-bond donors (Lipinski definition) is 0. The minimum atomic E-state index is -0.290. The Kier molecular flexibility index (Phi) is 4.25. The van der Waals surface area contributed by atoms with E-state index in [0.717, 1.165) is 35.1 Å². The summed E-state index contributed by atoms with van der Waals surface area (Å²) < 4.78 is 5.02. The van der Waals surface area contributed by atoms with Crippen molar-refractivity contribution in [2.45, 2.75) is 26.3 Å². The molecule has 0 unspecified atom stereocenters. The Labute approximate surface area is 135 Å². The van der Waals surface area contributed by atoms with Gasteiger partial charge in [-0.15, -0.1) is 0 Å². The van der Waals surface area contributed by atoms with Crippen LogP contribution in [0, 0.1) is 6.92 Å². The number of methoxy groups -OCH3 is 1. The molecule has 3 rings (SSSR count). The molecule has 0 bridgehead atoms. The number of thioether (sulfide) groups is 1. The Hall–Kier alpha value is -1.75. The first-order chi connectivity index (χ1) is 10.6. The molecule has 0 aliphatic carbocycles. The van der Waals surface area contributed by atoms with Crippen LogP contribution in [-0.4, -0.2) is 35.4 Å². The van der Waals surface area contributed by atoms with Gasteiger partial charge < -0.3 is 9.64 Å². The molecule has 0 amide bonds. The maximum atomic E-state index is 12.3. The standard InChI is InChI=1S/C17H20N2O2S/c1-11-5-7-13(8-6-11)15-14(16(20)21-3)12(2)18-17-19(15)9-4-10-22-17/h5-8,15H,4,9-10H2,1-3H3/t15-/m0/s1. The van der Waals surface area contributed by atoms with Crippen LogP contribution in [0.5, 0.6) is 0 Å². The van der Waals surface area contributed by atoms with Crippen molar-refractivity contribution in [1.29, 1.82) is 0 Å². The number of allylic oxidation sites excluding steroid dienone is 1. The molecular weight excluding hydrogens is 296 g/mol. The lowest BCUT2D eigenvalue weighted by molar-refractivity contribution is -0.136. The van der Waals surface area contributed by atoms with Gasteiger partial charge in [-0.05, 0) is 25.8 Å². The SMILES string of the molecule is COC(=O)C1=C(C)N=C2SCCCN2[C@H]1c1ccc(C)cc1. The Balaban J connectivity index is 2.11. The van der Waals surface area contributed by atoms with Gasteiger partial charge in [-0.1, -0.05) is 41.6 Å². The molecule has 0 saturated carbocycles. The predicted molar refractivity (Wildman–Crippen MR) is 89.9 cm³/mol. The largest absolute Gasteiger partial charge is 0.466 e. The average Bonchev–Trinajstić information content (AvgIpc) is 2.54. The predicted octanol–water partition coefficient (Wildman–Crippen LogP) is 3.29. The van der Waals surface area contributed by atoms with E-state index in [1.54, 1.807) is 11.8 Å². The zero-order valence-corrected chi connectivity index (χ0v) is 13.9. The lowest BCUT2D eigenvalue weighted by Crippen LogP contribution is -2.42. The topological polar surface area (TPSA) is 41.9 Å². The van der Waals surface area contributed by atoms with Gasteiger partial charge in [0.1, 0.15) is 0 Å². The van der Waals surface area contributed by atoms with E-state index in [0.29, 0.717) is 5.57 Å².